The van der Waals surface area contributed by atoms with E-state index >= 15 is 0 Å². The maximum Gasteiger partial charge on any atom is 0.350 e. The van der Waals surface area contributed by atoms with Crippen molar-refractivity contribution in [3.05, 3.63) is 12.7 Å². The van der Waals surface area contributed by atoms with Crippen LogP contribution in [0.4, 0.5) is 0 Å². The van der Waals surface area contributed by atoms with E-state index < -0.39 is 5.97 Å². The Morgan fingerprint density at radius 3 is 3.00 bits per heavy atom. The molecule has 1 N–H and O–H groups in total. The number of oxime groups is 1. The second-order valence-corrected chi connectivity index (χ2v) is 1.16. The van der Waals surface area contributed by atoms with Crippen LogP contribution in [0.25, 0.3) is 0 Å². The molecule has 0 unspecified atom stereocenters. The lowest BCUT2D eigenvalue weighted by atomic mass is 10.7. The van der Waals surface area contributed by atoms with Crippen LogP contribution >= 0.6 is 0 Å². The molecular weight excluding hydrogens is 122 g/mol. The SMILES string of the molecule is C=CCON=CC(=O)O. The third kappa shape index (κ3) is 6.68. The van der Waals surface area contributed by atoms with Gasteiger partial charge in [-0.1, -0.05) is 17.8 Å². The minimum absolute atomic E-state index is 0.226. The van der Waals surface area contributed by atoms with Gasteiger partial charge in [0, 0.05) is 0 Å². The summed E-state index contributed by atoms with van der Waals surface area (Å²) in [5.74, 6) is -1.13. The Hall–Kier alpha value is -1.32. The van der Waals surface area contributed by atoms with Gasteiger partial charge in [-0.15, -0.1) is 0 Å². The topological polar surface area (TPSA) is 58.9 Å². The zero-order chi connectivity index (χ0) is 7.11. The Labute approximate surface area is 52.4 Å². The highest BCUT2D eigenvalue weighted by molar-refractivity contribution is 6.21. The minimum atomic E-state index is -1.13. The fourth-order valence-corrected chi connectivity index (χ4v) is 0.178. The van der Waals surface area contributed by atoms with E-state index in [2.05, 4.69) is 16.6 Å². The van der Waals surface area contributed by atoms with Crippen LogP contribution in [0, 0.1) is 0 Å². The number of hydrogen-bond donors (Lipinski definition) is 1. The van der Waals surface area contributed by atoms with Gasteiger partial charge >= 0.3 is 5.97 Å². The molecule has 4 heteroatoms. The van der Waals surface area contributed by atoms with E-state index in [4.69, 9.17) is 5.11 Å². The lowest BCUT2D eigenvalue weighted by molar-refractivity contribution is -0.129. The molecule has 0 aliphatic heterocycles. The molecule has 0 aromatic carbocycles. The first-order valence-electron chi connectivity index (χ1n) is 2.26. The summed E-state index contributed by atoms with van der Waals surface area (Å²) < 4.78 is 0. The van der Waals surface area contributed by atoms with Gasteiger partial charge in [0.05, 0.1) is 0 Å². The van der Waals surface area contributed by atoms with Crippen LogP contribution in [0.5, 0.6) is 0 Å². The third-order valence-electron chi connectivity index (χ3n) is 0.430. The third-order valence-corrected chi connectivity index (χ3v) is 0.430. The Kier molecular flexibility index (Phi) is 4.12. The number of carbonyl (C=O) groups is 1. The Morgan fingerprint density at radius 1 is 1.89 bits per heavy atom. The van der Waals surface area contributed by atoms with E-state index in [0.29, 0.717) is 6.21 Å². The molecule has 0 saturated heterocycles. The zero-order valence-corrected chi connectivity index (χ0v) is 4.78. The second kappa shape index (κ2) is 4.83. The fourth-order valence-electron chi connectivity index (χ4n) is 0.178. The van der Waals surface area contributed by atoms with Crippen LogP contribution < -0.4 is 0 Å². The molecule has 0 spiro atoms. The summed E-state index contributed by atoms with van der Waals surface area (Å²) in [5, 5.41) is 11.0. The van der Waals surface area contributed by atoms with Gasteiger partial charge in [0.1, 0.15) is 6.61 Å². The molecule has 0 saturated carbocycles. The van der Waals surface area contributed by atoms with E-state index in [-0.39, 0.29) is 6.61 Å². The molecule has 0 aromatic heterocycles. The summed E-state index contributed by atoms with van der Waals surface area (Å²) in [7, 11) is 0. The van der Waals surface area contributed by atoms with Crippen molar-refractivity contribution in [2.45, 2.75) is 0 Å². The Balaban J connectivity index is 3.24. The van der Waals surface area contributed by atoms with Crippen molar-refractivity contribution in [3.8, 4) is 0 Å². The molecule has 0 radical (unpaired) electrons. The molecule has 0 amide bonds. The van der Waals surface area contributed by atoms with E-state index in [1.54, 1.807) is 0 Å². The van der Waals surface area contributed by atoms with Gasteiger partial charge in [0.15, 0.2) is 6.21 Å². The van der Waals surface area contributed by atoms with Crippen molar-refractivity contribution in [1.82, 2.24) is 0 Å². The quantitative estimate of drug-likeness (QED) is 0.256. The zero-order valence-electron chi connectivity index (χ0n) is 4.78. The highest BCUT2D eigenvalue weighted by Crippen LogP contribution is 1.72. The van der Waals surface area contributed by atoms with Gasteiger partial charge < -0.3 is 9.94 Å². The Bertz CT molecular complexity index is 130. The van der Waals surface area contributed by atoms with E-state index in [9.17, 15) is 4.79 Å². The summed E-state index contributed by atoms with van der Waals surface area (Å²) >= 11 is 0. The first kappa shape index (κ1) is 7.68. The first-order chi connectivity index (χ1) is 4.27. The van der Waals surface area contributed by atoms with Gasteiger partial charge in [-0.2, -0.15) is 0 Å². The number of hydrogen-bond acceptors (Lipinski definition) is 3. The lowest BCUT2D eigenvalue weighted by Gasteiger charge is -1.87. The van der Waals surface area contributed by atoms with Crippen LogP contribution in [0.15, 0.2) is 17.8 Å². The summed E-state index contributed by atoms with van der Waals surface area (Å²) in [5.41, 5.74) is 0. The van der Waals surface area contributed by atoms with Gasteiger partial charge in [0.2, 0.25) is 0 Å². The predicted molar refractivity (Wildman–Crippen MR) is 32.3 cm³/mol. The number of nitrogens with zero attached hydrogens (tertiary/aromatic N) is 1. The van der Waals surface area contributed by atoms with Gasteiger partial charge in [0.25, 0.3) is 0 Å². The van der Waals surface area contributed by atoms with Crippen LogP contribution in [0.3, 0.4) is 0 Å². The lowest BCUT2D eigenvalue weighted by Crippen LogP contribution is -1.95. The number of rotatable bonds is 4. The van der Waals surface area contributed by atoms with Crippen molar-refractivity contribution in [2.75, 3.05) is 6.61 Å². The molecule has 0 bridgehead atoms. The molecule has 0 aromatic rings. The van der Waals surface area contributed by atoms with Crippen LogP contribution in [-0.4, -0.2) is 23.9 Å². The molecule has 9 heavy (non-hydrogen) atoms. The molecule has 0 aliphatic rings. The molecular formula is C5H7NO3. The molecule has 50 valence electrons. The average Bonchev–Trinajstić information content (AvgIpc) is 1.80. The fraction of sp³-hybridized carbons (Fsp3) is 0.200. The van der Waals surface area contributed by atoms with Crippen LogP contribution in [0.1, 0.15) is 0 Å². The number of carboxylic acids is 1. The summed E-state index contributed by atoms with van der Waals surface area (Å²) in [6.07, 6.45) is 2.14. The highest BCUT2D eigenvalue weighted by atomic mass is 16.6. The Morgan fingerprint density at radius 2 is 2.56 bits per heavy atom. The molecule has 0 heterocycles. The summed E-state index contributed by atoms with van der Waals surface area (Å²) in [6, 6.07) is 0. The van der Waals surface area contributed by atoms with Crippen molar-refractivity contribution >= 4 is 12.2 Å². The maximum atomic E-state index is 9.71. The van der Waals surface area contributed by atoms with Crippen LogP contribution in [0.2, 0.25) is 0 Å². The largest absolute Gasteiger partial charge is 0.477 e. The van der Waals surface area contributed by atoms with E-state index in [1.807, 2.05) is 0 Å². The van der Waals surface area contributed by atoms with Crippen LogP contribution in [-0.2, 0) is 9.63 Å². The minimum Gasteiger partial charge on any atom is -0.477 e. The van der Waals surface area contributed by atoms with Crippen molar-refractivity contribution < 1.29 is 14.7 Å². The molecule has 0 rings (SSSR count). The van der Waals surface area contributed by atoms with E-state index in [0.717, 1.165) is 0 Å². The molecule has 0 fully saturated rings. The number of carboxylic acid groups (broad SMARTS) is 1. The first-order valence-corrected chi connectivity index (χ1v) is 2.26. The monoisotopic (exact) mass is 129 g/mol. The maximum absolute atomic E-state index is 9.71. The summed E-state index contributed by atoms with van der Waals surface area (Å²) in [4.78, 5) is 14.1. The van der Waals surface area contributed by atoms with Gasteiger partial charge in [-0.25, -0.2) is 4.79 Å². The smallest absolute Gasteiger partial charge is 0.350 e. The van der Waals surface area contributed by atoms with Crippen molar-refractivity contribution in [3.63, 3.8) is 0 Å². The second-order valence-electron chi connectivity index (χ2n) is 1.16. The molecule has 4 nitrogen and oxygen atoms in total. The normalized spacial score (nSPS) is 9.33. The number of aliphatic carboxylic acids is 1. The predicted octanol–water partition coefficient (Wildman–Crippen LogP) is 0.259. The standard InChI is InChI=1S/C5H7NO3/c1-2-3-9-6-4-5(7)8/h2,4H,1,3H2,(H,7,8). The molecule has 0 atom stereocenters. The average molecular weight is 129 g/mol. The van der Waals surface area contributed by atoms with Crippen molar-refractivity contribution in [1.29, 1.82) is 0 Å². The van der Waals surface area contributed by atoms with Gasteiger partial charge in [-0.05, 0) is 0 Å². The molecule has 0 aliphatic carbocycles. The highest BCUT2D eigenvalue weighted by Gasteiger charge is 1.83. The van der Waals surface area contributed by atoms with E-state index in [1.165, 1.54) is 6.08 Å². The van der Waals surface area contributed by atoms with Gasteiger partial charge in [-0.3, -0.25) is 0 Å². The summed E-state index contributed by atoms with van der Waals surface area (Å²) in [6.45, 7) is 3.56. The van der Waals surface area contributed by atoms with Crippen molar-refractivity contribution in [2.24, 2.45) is 5.16 Å².